The van der Waals surface area contributed by atoms with Crippen molar-refractivity contribution < 1.29 is 19.7 Å². The van der Waals surface area contributed by atoms with Gasteiger partial charge in [0.25, 0.3) is 0 Å². The van der Waals surface area contributed by atoms with Crippen LogP contribution < -0.4 is 10.1 Å². The molecule has 110 valence electrons. The smallest absolute Gasteiger partial charge is 0.335 e. The number of aromatic carboxylic acids is 1. The summed E-state index contributed by atoms with van der Waals surface area (Å²) < 4.78 is 5.18. The first-order valence-corrected chi connectivity index (χ1v) is 6.52. The molecule has 2 aromatic carbocycles. The second-order valence-electron chi connectivity index (χ2n) is 4.32. The molecule has 0 saturated heterocycles. The van der Waals surface area contributed by atoms with Crippen LogP contribution in [0, 0.1) is 0 Å². The zero-order chi connectivity index (χ0) is 15.4. The molecule has 3 N–H and O–H groups in total. The predicted molar refractivity (Wildman–Crippen MR) is 80.4 cm³/mol. The van der Waals surface area contributed by atoms with Gasteiger partial charge in [0, 0.05) is 12.1 Å². The van der Waals surface area contributed by atoms with Crippen LogP contribution in [0.2, 0.25) is 5.02 Å². The molecule has 0 saturated carbocycles. The van der Waals surface area contributed by atoms with Crippen LogP contribution in [-0.2, 0) is 6.54 Å². The third kappa shape index (κ3) is 3.38. The van der Waals surface area contributed by atoms with Gasteiger partial charge < -0.3 is 20.3 Å². The van der Waals surface area contributed by atoms with Crippen LogP contribution >= 0.6 is 11.6 Å². The van der Waals surface area contributed by atoms with E-state index in [0.717, 1.165) is 0 Å². The maximum absolute atomic E-state index is 11.0. The van der Waals surface area contributed by atoms with Crippen LogP contribution in [-0.4, -0.2) is 23.3 Å². The molecule has 6 heteroatoms. The lowest BCUT2D eigenvalue weighted by Gasteiger charge is -2.13. The molecule has 21 heavy (non-hydrogen) atoms. The van der Waals surface area contributed by atoms with E-state index in [1.165, 1.54) is 19.2 Å². The van der Waals surface area contributed by atoms with E-state index in [9.17, 15) is 9.90 Å². The minimum atomic E-state index is -1.02. The summed E-state index contributed by atoms with van der Waals surface area (Å²) in [7, 11) is 1.50. The SMILES string of the molecule is COc1ccc(C(=O)O)cc1NCc1cccc(Cl)c1O. The number of aromatic hydroxyl groups is 1. The molecular formula is C15H14ClNO4. The number of hydrogen-bond donors (Lipinski definition) is 3. The topological polar surface area (TPSA) is 78.8 Å². The van der Waals surface area contributed by atoms with Crippen LogP contribution in [0.15, 0.2) is 36.4 Å². The molecule has 0 unspecified atom stereocenters. The Morgan fingerprint density at radius 1 is 1.33 bits per heavy atom. The standard InChI is InChI=1S/C15H14ClNO4/c1-21-13-6-5-9(15(19)20)7-12(13)17-8-10-3-2-4-11(16)14(10)18/h2-7,17-18H,8H2,1H3,(H,19,20). The third-order valence-corrected chi connectivity index (χ3v) is 3.29. The van der Waals surface area contributed by atoms with Crippen LogP contribution in [0.3, 0.4) is 0 Å². The number of methoxy groups -OCH3 is 1. The van der Waals surface area contributed by atoms with Gasteiger partial charge in [-0.15, -0.1) is 0 Å². The fourth-order valence-corrected chi connectivity index (χ4v) is 2.07. The highest BCUT2D eigenvalue weighted by Crippen LogP contribution is 2.30. The Morgan fingerprint density at radius 3 is 2.76 bits per heavy atom. The average Bonchev–Trinajstić information content (AvgIpc) is 2.48. The van der Waals surface area contributed by atoms with E-state index in [1.54, 1.807) is 24.3 Å². The van der Waals surface area contributed by atoms with Crippen molar-refractivity contribution in [3.8, 4) is 11.5 Å². The number of rotatable bonds is 5. The Balaban J connectivity index is 2.24. The highest BCUT2D eigenvalue weighted by atomic mass is 35.5. The summed E-state index contributed by atoms with van der Waals surface area (Å²) in [5, 5.41) is 22.2. The summed E-state index contributed by atoms with van der Waals surface area (Å²) in [6.07, 6.45) is 0. The molecule has 0 atom stereocenters. The quantitative estimate of drug-likeness (QED) is 0.789. The van der Waals surface area contributed by atoms with Crippen molar-refractivity contribution in [3.63, 3.8) is 0 Å². The maximum Gasteiger partial charge on any atom is 0.335 e. The number of nitrogens with one attached hydrogen (secondary N) is 1. The number of ether oxygens (including phenoxy) is 1. The maximum atomic E-state index is 11.0. The monoisotopic (exact) mass is 307 g/mol. The molecule has 0 spiro atoms. The second-order valence-corrected chi connectivity index (χ2v) is 4.73. The number of carboxylic acids is 1. The average molecular weight is 308 g/mol. The van der Waals surface area contributed by atoms with Crippen molar-refractivity contribution in [1.82, 2.24) is 0 Å². The number of anilines is 1. The van der Waals surface area contributed by atoms with Crippen molar-refractivity contribution in [3.05, 3.63) is 52.5 Å². The van der Waals surface area contributed by atoms with Gasteiger partial charge in [-0.25, -0.2) is 4.79 Å². The van der Waals surface area contributed by atoms with Crippen LogP contribution in [0.1, 0.15) is 15.9 Å². The van der Waals surface area contributed by atoms with Gasteiger partial charge >= 0.3 is 5.97 Å². The van der Waals surface area contributed by atoms with Crippen LogP contribution in [0.25, 0.3) is 0 Å². The van der Waals surface area contributed by atoms with E-state index in [-0.39, 0.29) is 22.9 Å². The molecule has 2 rings (SSSR count). The van der Waals surface area contributed by atoms with E-state index in [2.05, 4.69) is 5.32 Å². The first kappa shape index (κ1) is 15.0. The van der Waals surface area contributed by atoms with Crippen LogP contribution in [0.4, 0.5) is 5.69 Å². The van der Waals surface area contributed by atoms with Crippen molar-refractivity contribution >= 4 is 23.3 Å². The van der Waals surface area contributed by atoms with Gasteiger partial charge in [0.1, 0.15) is 11.5 Å². The number of phenolic OH excluding ortho intramolecular Hbond substituents is 1. The van der Waals surface area contributed by atoms with Gasteiger partial charge in [0.15, 0.2) is 0 Å². The molecule has 0 bridgehead atoms. The Bertz CT molecular complexity index is 673. The highest BCUT2D eigenvalue weighted by molar-refractivity contribution is 6.32. The molecule has 2 aromatic rings. The molecule has 0 amide bonds. The summed E-state index contributed by atoms with van der Waals surface area (Å²) in [5.74, 6) is -0.507. The summed E-state index contributed by atoms with van der Waals surface area (Å²) >= 11 is 5.84. The van der Waals surface area contributed by atoms with Gasteiger partial charge in [-0.05, 0) is 24.3 Å². The molecule has 0 aromatic heterocycles. The fourth-order valence-electron chi connectivity index (χ4n) is 1.87. The highest BCUT2D eigenvalue weighted by Gasteiger charge is 2.10. The molecule has 0 radical (unpaired) electrons. The van der Waals surface area contributed by atoms with Crippen molar-refractivity contribution in [2.75, 3.05) is 12.4 Å². The van der Waals surface area contributed by atoms with Crippen molar-refractivity contribution in [1.29, 1.82) is 0 Å². The van der Waals surface area contributed by atoms with E-state index in [4.69, 9.17) is 21.4 Å². The van der Waals surface area contributed by atoms with E-state index in [1.807, 2.05) is 0 Å². The minimum Gasteiger partial charge on any atom is -0.506 e. The zero-order valence-corrected chi connectivity index (χ0v) is 12.0. The predicted octanol–water partition coefficient (Wildman–Crippen LogP) is 3.36. The molecule has 0 aliphatic rings. The summed E-state index contributed by atoms with van der Waals surface area (Å²) in [5.41, 5.74) is 1.27. The Hall–Kier alpha value is -2.40. The van der Waals surface area contributed by atoms with E-state index < -0.39 is 5.97 Å². The number of benzene rings is 2. The lowest BCUT2D eigenvalue weighted by Crippen LogP contribution is -2.04. The number of phenols is 1. The summed E-state index contributed by atoms with van der Waals surface area (Å²) in [4.78, 5) is 11.0. The lowest BCUT2D eigenvalue weighted by atomic mass is 10.1. The molecular weight excluding hydrogens is 294 g/mol. The Kier molecular flexibility index (Phi) is 4.55. The molecule has 0 aliphatic carbocycles. The minimum absolute atomic E-state index is 0.0000210. The van der Waals surface area contributed by atoms with Crippen molar-refractivity contribution in [2.24, 2.45) is 0 Å². The van der Waals surface area contributed by atoms with E-state index in [0.29, 0.717) is 17.0 Å². The third-order valence-electron chi connectivity index (χ3n) is 2.99. The fraction of sp³-hybridized carbons (Fsp3) is 0.133. The number of carbonyl (C=O) groups is 1. The van der Waals surface area contributed by atoms with Gasteiger partial charge in [-0.1, -0.05) is 23.7 Å². The first-order chi connectivity index (χ1) is 10.0. The molecule has 0 aliphatic heterocycles. The molecule has 5 nitrogen and oxygen atoms in total. The Labute approximate surface area is 126 Å². The van der Waals surface area contributed by atoms with Gasteiger partial charge in [-0.3, -0.25) is 0 Å². The van der Waals surface area contributed by atoms with E-state index >= 15 is 0 Å². The van der Waals surface area contributed by atoms with Gasteiger partial charge in [0.05, 0.1) is 23.4 Å². The number of carboxylic acid groups (broad SMARTS) is 1. The van der Waals surface area contributed by atoms with Crippen molar-refractivity contribution in [2.45, 2.75) is 6.54 Å². The van der Waals surface area contributed by atoms with Gasteiger partial charge in [-0.2, -0.15) is 0 Å². The number of halogens is 1. The number of hydrogen-bond acceptors (Lipinski definition) is 4. The summed E-state index contributed by atoms with van der Waals surface area (Å²) in [6.45, 7) is 0.284. The molecule has 0 heterocycles. The molecule has 0 fully saturated rings. The normalized spacial score (nSPS) is 10.2. The zero-order valence-electron chi connectivity index (χ0n) is 11.3. The second kappa shape index (κ2) is 6.37. The lowest BCUT2D eigenvalue weighted by molar-refractivity contribution is 0.0697. The largest absolute Gasteiger partial charge is 0.506 e. The number of para-hydroxylation sites is 1. The Morgan fingerprint density at radius 2 is 2.10 bits per heavy atom. The van der Waals surface area contributed by atoms with Crippen LogP contribution in [0.5, 0.6) is 11.5 Å². The summed E-state index contributed by atoms with van der Waals surface area (Å²) in [6, 6.07) is 9.55. The van der Waals surface area contributed by atoms with Gasteiger partial charge in [0.2, 0.25) is 0 Å². The first-order valence-electron chi connectivity index (χ1n) is 6.14.